The van der Waals surface area contributed by atoms with Crippen molar-refractivity contribution in [2.24, 2.45) is 5.10 Å². The van der Waals surface area contributed by atoms with Gasteiger partial charge in [-0.2, -0.15) is 13.9 Å². The third kappa shape index (κ3) is 6.15. The maximum atomic E-state index is 12.4. The van der Waals surface area contributed by atoms with E-state index in [4.69, 9.17) is 4.74 Å². The molecule has 132 valence electrons. The second-order valence-electron chi connectivity index (χ2n) is 4.85. The molecule has 25 heavy (non-hydrogen) atoms. The Labute approximate surface area is 151 Å². The van der Waals surface area contributed by atoms with Gasteiger partial charge in [-0.25, -0.2) is 5.43 Å². The number of nitrogens with one attached hydrogen (secondary N) is 1. The van der Waals surface area contributed by atoms with Crippen LogP contribution in [-0.2, 0) is 4.79 Å². The summed E-state index contributed by atoms with van der Waals surface area (Å²) in [6.45, 7) is -1.60. The van der Waals surface area contributed by atoms with Gasteiger partial charge in [0, 0.05) is 10.0 Å². The summed E-state index contributed by atoms with van der Waals surface area (Å²) in [7, 11) is 0. The predicted octanol–water partition coefficient (Wildman–Crippen LogP) is 3.97. The Kier molecular flexibility index (Phi) is 6.88. The van der Waals surface area contributed by atoms with E-state index in [1.54, 1.807) is 49.4 Å². The highest BCUT2D eigenvalue weighted by atomic mass is 79.9. The van der Waals surface area contributed by atoms with Crippen molar-refractivity contribution < 1.29 is 23.0 Å². The second kappa shape index (κ2) is 9.12. The number of benzene rings is 2. The van der Waals surface area contributed by atoms with Gasteiger partial charge in [-0.05, 0) is 43.3 Å². The molecule has 0 unspecified atom stereocenters. The van der Waals surface area contributed by atoms with Crippen LogP contribution >= 0.6 is 15.9 Å². The SMILES string of the molecule is C/C(=N/NC(=O)COc1ccc(Br)cc1)c1ccccc1OC(F)F. The Balaban J connectivity index is 1.94. The second-order valence-corrected chi connectivity index (χ2v) is 5.77. The van der Waals surface area contributed by atoms with Crippen molar-refractivity contribution in [2.75, 3.05) is 6.61 Å². The van der Waals surface area contributed by atoms with Gasteiger partial charge in [0.1, 0.15) is 11.5 Å². The highest BCUT2D eigenvalue weighted by Gasteiger charge is 2.11. The number of ether oxygens (including phenoxy) is 2. The van der Waals surface area contributed by atoms with Gasteiger partial charge in [0.15, 0.2) is 6.61 Å². The predicted molar refractivity (Wildman–Crippen MR) is 93.1 cm³/mol. The molecule has 2 aromatic rings. The summed E-state index contributed by atoms with van der Waals surface area (Å²) in [5, 5.41) is 3.89. The average Bonchev–Trinajstić information content (AvgIpc) is 2.59. The van der Waals surface area contributed by atoms with Crippen molar-refractivity contribution in [1.29, 1.82) is 0 Å². The van der Waals surface area contributed by atoms with Crippen LogP contribution < -0.4 is 14.9 Å². The summed E-state index contributed by atoms with van der Waals surface area (Å²) < 4.78 is 35.5. The Morgan fingerprint density at radius 1 is 1.20 bits per heavy atom. The van der Waals surface area contributed by atoms with Gasteiger partial charge >= 0.3 is 6.61 Å². The molecule has 0 atom stereocenters. The molecule has 1 N–H and O–H groups in total. The van der Waals surface area contributed by atoms with Crippen LogP contribution in [0, 0.1) is 0 Å². The first-order valence-electron chi connectivity index (χ1n) is 7.21. The molecule has 5 nitrogen and oxygen atoms in total. The molecular formula is C17H15BrF2N2O3. The smallest absolute Gasteiger partial charge is 0.387 e. The molecule has 0 saturated heterocycles. The number of amides is 1. The molecule has 2 rings (SSSR count). The monoisotopic (exact) mass is 412 g/mol. The highest BCUT2D eigenvalue weighted by molar-refractivity contribution is 9.10. The number of hydrogen-bond donors (Lipinski definition) is 1. The lowest BCUT2D eigenvalue weighted by molar-refractivity contribution is -0.123. The summed E-state index contributed by atoms with van der Waals surface area (Å²) in [5.74, 6) is 0.0448. The zero-order chi connectivity index (χ0) is 18.2. The lowest BCUT2D eigenvalue weighted by Crippen LogP contribution is -2.25. The Hall–Kier alpha value is -2.48. The zero-order valence-electron chi connectivity index (χ0n) is 13.2. The molecule has 0 saturated carbocycles. The van der Waals surface area contributed by atoms with Crippen molar-refractivity contribution in [3.63, 3.8) is 0 Å². The first kappa shape index (κ1) is 18.9. The fraction of sp³-hybridized carbons (Fsp3) is 0.176. The Bertz CT molecular complexity index is 752. The van der Waals surface area contributed by atoms with Gasteiger partial charge < -0.3 is 9.47 Å². The van der Waals surface area contributed by atoms with Crippen LogP contribution in [0.2, 0.25) is 0 Å². The summed E-state index contributed by atoms with van der Waals surface area (Å²) in [6, 6.07) is 13.2. The van der Waals surface area contributed by atoms with E-state index in [9.17, 15) is 13.6 Å². The van der Waals surface area contributed by atoms with Crippen LogP contribution in [-0.4, -0.2) is 24.8 Å². The van der Waals surface area contributed by atoms with Gasteiger partial charge in [-0.15, -0.1) is 0 Å². The van der Waals surface area contributed by atoms with E-state index in [0.717, 1.165) is 4.47 Å². The van der Waals surface area contributed by atoms with Crippen LogP contribution in [0.1, 0.15) is 12.5 Å². The number of carbonyl (C=O) groups excluding carboxylic acids is 1. The molecular weight excluding hydrogens is 398 g/mol. The van der Waals surface area contributed by atoms with E-state index >= 15 is 0 Å². The van der Waals surface area contributed by atoms with Crippen molar-refractivity contribution in [1.82, 2.24) is 5.43 Å². The molecule has 0 aromatic heterocycles. The first-order chi connectivity index (χ1) is 12.0. The van der Waals surface area contributed by atoms with E-state index in [0.29, 0.717) is 17.0 Å². The number of carbonyl (C=O) groups is 1. The van der Waals surface area contributed by atoms with Gasteiger partial charge in [0.2, 0.25) is 0 Å². The van der Waals surface area contributed by atoms with Crippen molar-refractivity contribution in [3.05, 3.63) is 58.6 Å². The minimum absolute atomic E-state index is 0.0147. The van der Waals surface area contributed by atoms with Crippen LogP contribution in [0.5, 0.6) is 11.5 Å². The summed E-state index contributed by atoms with van der Waals surface area (Å²) >= 11 is 3.30. The van der Waals surface area contributed by atoms with Crippen LogP contribution in [0.15, 0.2) is 58.1 Å². The highest BCUT2D eigenvalue weighted by Crippen LogP contribution is 2.21. The molecule has 0 spiro atoms. The van der Waals surface area contributed by atoms with Crippen molar-refractivity contribution in [3.8, 4) is 11.5 Å². The normalized spacial score (nSPS) is 11.3. The fourth-order valence-corrected chi connectivity index (χ4v) is 2.15. The first-order valence-corrected chi connectivity index (χ1v) is 8.00. The van der Waals surface area contributed by atoms with Crippen molar-refractivity contribution >= 4 is 27.5 Å². The molecule has 0 fully saturated rings. The van der Waals surface area contributed by atoms with Gasteiger partial charge in [-0.1, -0.05) is 28.1 Å². The lowest BCUT2D eigenvalue weighted by atomic mass is 10.1. The fourth-order valence-electron chi connectivity index (χ4n) is 1.88. The molecule has 0 aliphatic carbocycles. The standard InChI is InChI=1S/C17H15BrF2N2O3/c1-11(14-4-2-3-5-15(14)25-17(19)20)21-22-16(23)10-24-13-8-6-12(18)7-9-13/h2-9,17H,10H2,1H3,(H,22,23)/b21-11-. The van der Waals surface area contributed by atoms with Crippen molar-refractivity contribution in [2.45, 2.75) is 13.5 Å². The quantitative estimate of drug-likeness (QED) is 0.552. The minimum Gasteiger partial charge on any atom is -0.484 e. The molecule has 1 amide bonds. The van der Waals surface area contributed by atoms with Crippen LogP contribution in [0.25, 0.3) is 0 Å². The average molecular weight is 413 g/mol. The molecule has 2 aromatic carbocycles. The maximum absolute atomic E-state index is 12.4. The molecule has 0 heterocycles. The van der Waals surface area contributed by atoms with E-state index in [1.165, 1.54) is 6.07 Å². The number of nitrogens with zero attached hydrogens (tertiary/aromatic N) is 1. The molecule has 0 bridgehead atoms. The number of alkyl halides is 2. The largest absolute Gasteiger partial charge is 0.484 e. The number of para-hydroxylation sites is 1. The zero-order valence-corrected chi connectivity index (χ0v) is 14.8. The van der Waals surface area contributed by atoms with E-state index in [2.05, 4.69) is 31.2 Å². The third-order valence-electron chi connectivity index (χ3n) is 3.02. The lowest BCUT2D eigenvalue weighted by Gasteiger charge is -2.10. The number of hydrogen-bond acceptors (Lipinski definition) is 4. The summed E-state index contributed by atoms with van der Waals surface area (Å²) in [6.07, 6.45) is 0. The van der Waals surface area contributed by atoms with Crippen LogP contribution in [0.4, 0.5) is 8.78 Å². The summed E-state index contributed by atoms with van der Waals surface area (Å²) in [4.78, 5) is 11.8. The maximum Gasteiger partial charge on any atom is 0.387 e. The van der Waals surface area contributed by atoms with Gasteiger partial charge in [0.25, 0.3) is 5.91 Å². The van der Waals surface area contributed by atoms with E-state index < -0.39 is 12.5 Å². The Morgan fingerprint density at radius 2 is 1.88 bits per heavy atom. The minimum atomic E-state index is -2.94. The molecule has 0 aliphatic rings. The number of hydrazone groups is 1. The van der Waals surface area contributed by atoms with Gasteiger partial charge in [0.05, 0.1) is 5.71 Å². The van der Waals surface area contributed by atoms with Gasteiger partial charge in [-0.3, -0.25) is 4.79 Å². The molecule has 0 aliphatic heterocycles. The number of halogens is 3. The molecule has 0 radical (unpaired) electrons. The summed E-state index contributed by atoms with van der Waals surface area (Å²) in [5.41, 5.74) is 3.00. The van der Waals surface area contributed by atoms with Crippen LogP contribution in [0.3, 0.4) is 0 Å². The molecule has 8 heteroatoms. The topological polar surface area (TPSA) is 59.9 Å². The van der Waals surface area contributed by atoms with E-state index in [1.807, 2.05) is 0 Å². The number of rotatable bonds is 7. The van der Waals surface area contributed by atoms with E-state index in [-0.39, 0.29) is 12.4 Å². The Morgan fingerprint density at radius 3 is 2.56 bits per heavy atom. The third-order valence-corrected chi connectivity index (χ3v) is 3.55.